The van der Waals surface area contributed by atoms with Gasteiger partial charge in [-0.15, -0.1) is 0 Å². The molecule has 4 rings (SSSR count). The Labute approximate surface area is 174 Å². The largest absolute Gasteiger partial charge is 0.265 e. The van der Waals surface area contributed by atoms with Crippen LogP contribution in [0.1, 0.15) is 62.1 Å². The minimum Gasteiger partial charge on any atom is -0.265 e. The van der Waals surface area contributed by atoms with Crippen molar-refractivity contribution in [2.75, 3.05) is 0 Å². The molecule has 0 aliphatic heterocycles. The Hall–Kier alpha value is -2.74. The summed E-state index contributed by atoms with van der Waals surface area (Å²) in [6.07, 6.45) is 21.5. The van der Waals surface area contributed by atoms with E-state index in [2.05, 4.69) is 60.0 Å². The Morgan fingerprint density at radius 1 is 1.10 bits per heavy atom. The normalized spacial score (nSPS) is 18.7. The molecule has 0 aromatic carbocycles. The zero-order valence-electron chi connectivity index (χ0n) is 17.5. The van der Waals surface area contributed by atoms with Crippen LogP contribution in [0.4, 0.5) is 0 Å². The lowest BCUT2D eigenvalue weighted by atomic mass is 9.74. The van der Waals surface area contributed by atoms with Crippen LogP contribution in [-0.4, -0.2) is 9.97 Å². The van der Waals surface area contributed by atoms with Crippen molar-refractivity contribution in [3.05, 3.63) is 101 Å². The maximum Gasteiger partial charge on any atom is 0.0349 e. The minimum atomic E-state index is 0.999. The summed E-state index contributed by atoms with van der Waals surface area (Å²) >= 11 is 0. The lowest BCUT2D eigenvalue weighted by molar-refractivity contribution is 0.665. The van der Waals surface area contributed by atoms with Crippen molar-refractivity contribution in [2.45, 2.75) is 58.3 Å². The average molecular weight is 383 g/mol. The summed E-state index contributed by atoms with van der Waals surface area (Å²) in [5, 5.41) is 0. The molecule has 2 nitrogen and oxygen atoms in total. The Morgan fingerprint density at radius 2 is 1.90 bits per heavy atom. The fourth-order valence-corrected chi connectivity index (χ4v) is 4.33. The summed E-state index contributed by atoms with van der Waals surface area (Å²) in [5.41, 5.74) is 11.2. The van der Waals surface area contributed by atoms with Crippen LogP contribution in [0.15, 0.2) is 84.0 Å². The number of fused-ring (bicyclic) bond motifs is 1. The number of rotatable bonds is 6. The van der Waals surface area contributed by atoms with Gasteiger partial charge in [-0.2, -0.15) is 0 Å². The number of hydrogen-bond acceptors (Lipinski definition) is 2. The highest BCUT2D eigenvalue weighted by atomic mass is 14.6. The molecule has 0 amide bonds. The van der Waals surface area contributed by atoms with Crippen LogP contribution in [0.3, 0.4) is 0 Å². The molecule has 0 unspecified atom stereocenters. The quantitative estimate of drug-likeness (QED) is 0.548. The van der Waals surface area contributed by atoms with Crippen molar-refractivity contribution < 1.29 is 0 Å². The third kappa shape index (κ3) is 4.48. The van der Waals surface area contributed by atoms with E-state index in [1.54, 1.807) is 5.57 Å². The van der Waals surface area contributed by atoms with E-state index in [0.717, 1.165) is 32.1 Å². The molecule has 0 spiro atoms. The molecule has 2 aliphatic carbocycles. The van der Waals surface area contributed by atoms with Crippen molar-refractivity contribution in [2.24, 2.45) is 0 Å². The van der Waals surface area contributed by atoms with E-state index < -0.39 is 0 Å². The second-order valence-corrected chi connectivity index (χ2v) is 8.10. The van der Waals surface area contributed by atoms with E-state index in [1.165, 1.54) is 58.2 Å². The molecule has 0 atom stereocenters. The Morgan fingerprint density at radius 3 is 2.62 bits per heavy atom. The van der Waals surface area contributed by atoms with Crippen LogP contribution in [0.25, 0.3) is 5.57 Å². The highest BCUT2D eigenvalue weighted by Crippen LogP contribution is 2.45. The van der Waals surface area contributed by atoms with Gasteiger partial charge in [0.05, 0.1) is 0 Å². The smallest absolute Gasteiger partial charge is 0.0349 e. The highest BCUT2D eigenvalue weighted by Gasteiger charge is 2.27. The number of aromatic nitrogens is 2. The van der Waals surface area contributed by atoms with Crippen molar-refractivity contribution in [1.29, 1.82) is 0 Å². The van der Waals surface area contributed by atoms with Crippen LogP contribution >= 0.6 is 0 Å². The number of nitrogens with zero attached hydrogens (tertiary/aromatic N) is 2. The maximum atomic E-state index is 4.45. The summed E-state index contributed by atoms with van der Waals surface area (Å²) in [6, 6.07) is 6.40. The number of aryl methyl sites for hydroxylation is 1. The molecule has 2 aromatic rings. The van der Waals surface area contributed by atoms with E-state index in [9.17, 15) is 0 Å². The lowest BCUT2D eigenvalue weighted by Crippen LogP contribution is -2.13. The van der Waals surface area contributed by atoms with Crippen molar-refractivity contribution in [1.82, 2.24) is 9.97 Å². The van der Waals surface area contributed by atoms with Gasteiger partial charge in [0.2, 0.25) is 0 Å². The van der Waals surface area contributed by atoms with Gasteiger partial charge in [-0.3, -0.25) is 9.97 Å². The lowest BCUT2D eigenvalue weighted by Gasteiger charge is -2.31. The summed E-state index contributed by atoms with van der Waals surface area (Å²) in [6.45, 7) is 6.64. The predicted octanol–water partition coefficient (Wildman–Crippen LogP) is 6.81. The monoisotopic (exact) mass is 382 g/mol. The first-order valence-corrected chi connectivity index (χ1v) is 10.9. The van der Waals surface area contributed by atoms with E-state index in [1.807, 2.05) is 18.6 Å². The van der Waals surface area contributed by atoms with Gasteiger partial charge in [-0.05, 0) is 97.4 Å². The molecule has 2 heterocycles. The Kier molecular flexibility index (Phi) is 6.19. The summed E-state index contributed by atoms with van der Waals surface area (Å²) in [7, 11) is 0. The zero-order valence-corrected chi connectivity index (χ0v) is 17.5. The summed E-state index contributed by atoms with van der Waals surface area (Å²) < 4.78 is 0. The standard InChI is InChI=1S/C27H30N2/c1-3-6-23-18-24-13-16-29-19-26(24)27(22-9-5-10-22)25(23)17-20(2)7-4-8-21-11-14-28-15-12-21/h6,11-17,19H,2-5,7-10,18H2,1H3/b23-6-,25-17+. The van der Waals surface area contributed by atoms with Gasteiger partial charge < -0.3 is 0 Å². The van der Waals surface area contributed by atoms with E-state index >= 15 is 0 Å². The first-order valence-electron chi connectivity index (χ1n) is 10.9. The maximum absolute atomic E-state index is 4.45. The van der Waals surface area contributed by atoms with E-state index in [4.69, 9.17) is 0 Å². The van der Waals surface area contributed by atoms with Gasteiger partial charge in [0.15, 0.2) is 0 Å². The second kappa shape index (κ2) is 9.17. The van der Waals surface area contributed by atoms with Gasteiger partial charge in [0, 0.05) is 30.4 Å². The number of pyridine rings is 2. The molecule has 0 radical (unpaired) electrons. The van der Waals surface area contributed by atoms with Crippen LogP contribution in [0.5, 0.6) is 0 Å². The first kappa shape index (κ1) is 19.6. The second-order valence-electron chi connectivity index (χ2n) is 8.10. The minimum absolute atomic E-state index is 0.999. The topological polar surface area (TPSA) is 25.8 Å². The van der Waals surface area contributed by atoms with Gasteiger partial charge in [0.25, 0.3) is 0 Å². The molecule has 2 aromatic heterocycles. The summed E-state index contributed by atoms with van der Waals surface area (Å²) in [5.74, 6) is 0. The van der Waals surface area contributed by atoms with Crippen molar-refractivity contribution in [3.8, 4) is 0 Å². The SMILES string of the molecule is C=C(/C=C1/C(=C2CCC2)c2cnccc2C/C1=C/CC)CCCc1ccncc1. The molecule has 0 N–H and O–H groups in total. The molecule has 29 heavy (non-hydrogen) atoms. The number of allylic oxidation sites excluding steroid dienone is 7. The molecular weight excluding hydrogens is 352 g/mol. The van der Waals surface area contributed by atoms with Gasteiger partial charge in [-0.25, -0.2) is 0 Å². The molecule has 148 valence electrons. The van der Waals surface area contributed by atoms with Gasteiger partial charge >= 0.3 is 0 Å². The van der Waals surface area contributed by atoms with Crippen LogP contribution < -0.4 is 0 Å². The average Bonchev–Trinajstić information content (AvgIpc) is 2.70. The molecule has 0 saturated heterocycles. The third-order valence-electron chi connectivity index (χ3n) is 6.00. The molecule has 0 bridgehead atoms. The third-order valence-corrected chi connectivity index (χ3v) is 6.00. The molecule has 1 fully saturated rings. The van der Waals surface area contributed by atoms with Crippen molar-refractivity contribution in [3.63, 3.8) is 0 Å². The molecular formula is C27H30N2. The Bertz CT molecular complexity index is 971. The predicted molar refractivity (Wildman–Crippen MR) is 121 cm³/mol. The van der Waals surface area contributed by atoms with Crippen LogP contribution in [-0.2, 0) is 12.8 Å². The van der Waals surface area contributed by atoms with Crippen molar-refractivity contribution >= 4 is 5.57 Å². The molecule has 2 aliphatic rings. The first-order chi connectivity index (χ1) is 14.3. The molecule has 2 heteroatoms. The van der Waals surface area contributed by atoms with E-state index in [0.29, 0.717) is 0 Å². The Balaban J connectivity index is 1.60. The van der Waals surface area contributed by atoms with Crippen LogP contribution in [0, 0.1) is 0 Å². The van der Waals surface area contributed by atoms with Gasteiger partial charge in [0.1, 0.15) is 0 Å². The molecule has 1 saturated carbocycles. The van der Waals surface area contributed by atoms with Gasteiger partial charge in [-0.1, -0.05) is 36.8 Å². The number of hydrogen-bond donors (Lipinski definition) is 0. The summed E-state index contributed by atoms with van der Waals surface area (Å²) in [4.78, 5) is 8.55. The van der Waals surface area contributed by atoms with E-state index in [-0.39, 0.29) is 0 Å². The fraction of sp³-hybridized carbons (Fsp3) is 0.333. The van der Waals surface area contributed by atoms with Crippen LogP contribution in [0.2, 0.25) is 0 Å². The zero-order chi connectivity index (χ0) is 20.1. The fourth-order valence-electron chi connectivity index (χ4n) is 4.33. The highest BCUT2D eigenvalue weighted by molar-refractivity contribution is 5.90.